The largest absolute Gasteiger partial charge is 0.489 e. The molecule has 0 saturated heterocycles. The number of carbonyl (C=O) groups excluding carboxylic acids is 1. The van der Waals surface area contributed by atoms with Gasteiger partial charge in [-0.25, -0.2) is 8.78 Å². The third-order valence-electron chi connectivity index (χ3n) is 3.92. The number of benzene rings is 2. The molecule has 0 aliphatic heterocycles. The number of amides is 1. The van der Waals surface area contributed by atoms with Crippen LogP contribution in [0.5, 0.6) is 5.75 Å². The van der Waals surface area contributed by atoms with Crippen LogP contribution in [0.3, 0.4) is 0 Å². The molecule has 1 aromatic heterocycles. The van der Waals surface area contributed by atoms with Gasteiger partial charge in [-0.3, -0.25) is 9.78 Å². The number of aromatic nitrogens is 1. The fourth-order valence-corrected chi connectivity index (χ4v) is 2.89. The molecule has 0 unspecified atom stereocenters. The standard InChI is InChI=1S/C20H15ClF2N4O2/c1-11(28)26-18-7-14-17(8-19(18)29-5-4-22)25-10-12(9-24)20(14)27-13-2-3-16(23)15(21)6-13/h2-3,6-8,10H,4-5H2,1H3,(H,25,27)(H,26,28). The molecule has 0 fully saturated rings. The van der Waals surface area contributed by atoms with E-state index in [0.717, 1.165) is 0 Å². The fraction of sp³-hybridized carbons (Fsp3) is 0.150. The Morgan fingerprint density at radius 3 is 2.79 bits per heavy atom. The Morgan fingerprint density at radius 1 is 1.34 bits per heavy atom. The first-order valence-electron chi connectivity index (χ1n) is 8.48. The van der Waals surface area contributed by atoms with Crippen LogP contribution in [0.15, 0.2) is 36.5 Å². The van der Waals surface area contributed by atoms with E-state index in [0.29, 0.717) is 28.0 Å². The van der Waals surface area contributed by atoms with Gasteiger partial charge in [0, 0.05) is 30.3 Å². The zero-order valence-corrected chi connectivity index (χ0v) is 16.0. The van der Waals surface area contributed by atoms with Gasteiger partial charge >= 0.3 is 0 Å². The third-order valence-corrected chi connectivity index (χ3v) is 4.21. The van der Waals surface area contributed by atoms with E-state index in [1.54, 1.807) is 12.1 Å². The van der Waals surface area contributed by atoms with Gasteiger partial charge in [-0.15, -0.1) is 0 Å². The smallest absolute Gasteiger partial charge is 0.221 e. The van der Waals surface area contributed by atoms with Crippen molar-refractivity contribution in [3.63, 3.8) is 0 Å². The minimum absolute atomic E-state index is 0.0762. The van der Waals surface area contributed by atoms with Crippen LogP contribution in [0, 0.1) is 17.1 Å². The molecule has 0 radical (unpaired) electrons. The number of hydrogen-bond acceptors (Lipinski definition) is 5. The quantitative estimate of drug-likeness (QED) is 0.593. The monoisotopic (exact) mass is 416 g/mol. The van der Waals surface area contributed by atoms with Gasteiger partial charge < -0.3 is 15.4 Å². The maximum Gasteiger partial charge on any atom is 0.221 e. The van der Waals surface area contributed by atoms with Crippen molar-refractivity contribution in [1.82, 2.24) is 4.98 Å². The van der Waals surface area contributed by atoms with Gasteiger partial charge in [0.2, 0.25) is 5.91 Å². The highest BCUT2D eigenvalue weighted by Crippen LogP contribution is 2.36. The highest BCUT2D eigenvalue weighted by molar-refractivity contribution is 6.31. The lowest BCUT2D eigenvalue weighted by Crippen LogP contribution is -2.09. The van der Waals surface area contributed by atoms with Crippen molar-refractivity contribution in [1.29, 1.82) is 5.26 Å². The molecule has 3 rings (SSSR count). The molecule has 0 atom stereocenters. The Balaban J connectivity index is 2.17. The number of nitrogens with one attached hydrogen (secondary N) is 2. The summed E-state index contributed by atoms with van der Waals surface area (Å²) in [6.07, 6.45) is 1.37. The number of pyridine rings is 1. The fourth-order valence-electron chi connectivity index (χ4n) is 2.71. The van der Waals surface area contributed by atoms with Crippen LogP contribution >= 0.6 is 11.6 Å². The van der Waals surface area contributed by atoms with E-state index in [-0.39, 0.29) is 28.8 Å². The normalized spacial score (nSPS) is 10.4. The van der Waals surface area contributed by atoms with Gasteiger partial charge in [-0.05, 0) is 24.3 Å². The molecular formula is C20H15ClF2N4O2. The van der Waals surface area contributed by atoms with Crippen molar-refractivity contribution in [2.75, 3.05) is 23.9 Å². The van der Waals surface area contributed by atoms with Crippen LogP contribution < -0.4 is 15.4 Å². The van der Waals surface area contributed by atoms with Gasteiger partial charge in [0.15, 0.2) is 0 Å². The van der Waals surface area contributed by atoms with Crippen molar-refractivity contribution in [3.05, 3.63) is 52.9 Å². The maximum absolute atomic E-state index is 13.5. The number of nitrogens with zero attached hydrogens (tertiary/aromatic N) is 2. The van der Waals surface area contributed by atoms with Crippen molar-refractivity contribution >= 4 is 45.5 Å². The van der Waals surface area contributed by atoms with Crippen molar-refractivity contribution < 1.29 is 18.3 Å². The van der Waals surface area contributed by atoms with E-state index in [2.05, 4.69) is 15.6 Å². The Bertz CT molecular complexity index is 1130. The summed E-state index contributed by atoms with van der Waals surface area (Å²) in [5.41, 5.74) is 1.82. The summed E-state index contributed by atoms with van der Waals surface area (Å²) in [6, 6.07) is 9.22. The highest BCUT2D eigenvalue weighted by atomic mass is 35.5. The average molecular weight is 417 g/mol. The molecule has 2 aromatic carbocycles. The lowest BCUT2D eigenvalue weighted by atomic mass is 10.1. The number of rotatable bonds is 6. The molecule has 2 N–H and O–H groups in total. The summed E-state index contributed by atoms with van der Waals surface area (Å²) >= 11 is 5.84. The topological polar surface area (TPSA) is 87.0 Å². The van der Waals surface area contributed by atoms with E-state index in [1.807, 2.05) is 6.07 Å². The Kier molecular flexibility index (Phi) is 6.10. The third kappa shape index (κ3) is 4.52. The summed E-state index contributed by atoms with van der Waals surface area (Å²) in [4.78, 5) is 15.8. The zero-order valence-electron chi connectivity index (χ0n) is 15.2. The van der Waals surface area contributed by atoms with Crippen LogP contribution in [0.2, 0.25) is 5.02 Å². The van der Waals surface area contributed by atoms with Crippen LogP contribution in [0.4, 0.5) is 25.8 Å². The van der Waals surface area contributed by atoms with E-state index in [1.165, 1.54) is 31.3 Å². The van der Waals surface area contributed by atoms with Gasteiger partial charge in [-0.2, -0.15) is 5.26 Å². The molecule has 6 nitrogen and oxygen atoms in total. The first-order chi connectivity index (χ1) is 13.9. The van der Waals surface area contributed by atoms with E-state index in [9.17, 15) is 18.8 Å². The molecule has 0 bridgehead atoms. The van der Waals surface area contributed by atoms with Gasteiger partial charge in [0.25, 0.3) is 0 Å². The van der Waals surface area contributed by atoms with Crippen molar-refractivity contribution in [3.8, 4) is 11.8 Å². The Morgan fingerprint density at radius 2 is 2.14 bits per heavy atom. The SMILES string of the molecule is CC(=O)Nc1cc2c(Nc3ccc(F)c(Cl)c3)c(C#N)cnc2cc1OCCF. The van der Waals surface area contributed by atoms with Gasteiger partial charge in [0.1, 0.15) is 30.9 Å². The molecule has 9 heteroatoms. The van der Waals surface area contributed by atoms with E-state index < -0.39 is 12.5 Å². The number of anilines is 3. The molecule has 1 heterocycles. The Hall–Kier alpha value is -3.44. The summed E-state index contributed by atoms with van der Waals surface area (Å²) in [5.74, 6) is -0.670. The number of hydrogen-bond donors (Lipinski definition) is 2. The molecule has 0 spiro atoms. The number of halogens is 3. The van der Waals surface area contributed by atoms with Gasteiger partial charge in [-0.1, -0.05) is 11.6 Å². The molecule has 1 amide bonds. The molecule has 148 valence electrons. The van der Waals surface area contributed by atoms with E-state index in [4.69, 9.17) is 16.3 Å². The second kappa shape index (κ2) is 8.71. The molecular weight excluding hydrogens is 402 g/mol. The van der Waals surface area contributed by atoms with Crippen LogP contribution in [-0.2, 0) is 4.79 Å². The molecule has 3 aromatic rings. The number of fused-ring (bicyclic) bond motifs is 1. The predicted molar refractivity (Wildman–Crippen MR) is 107 cm³/mol. The first kappa shape index (κ1) is 20.3. The number of carbonyl (C=O) groups is 1. The maximum atomic E-state index is 13.5. The molecule has 0 aliphatic rings. The zero-order chi connectivity index (χ0) is 21.0. The first-order valence-corrected chi connectivity index (χ1v) is 8.86. The number of nitriles is 1. The van der Waals surface area contributed by atoms with Crippen LogP contribution in [0.1, 0.15) is 12.5 Å². The average Bonchev–Trinajstić information content (AvgIpc) is 2.69. The van der Waals surface area contributed by atoms with Gasteiger partial charge in [0.05, 0.1) is 27.5 Å². The lowest BCUT2D eigenvalue weighted by Gasteiger charge is -2.16. The summed E-state index contributed by atoms with van der Waals surface area (Å²) in [5, 5.41) is 15.6. The minimum Gasteiger partial charge on any atom is -0.489 e. The Labute approximate surface area is 170 Å². The number of ether oxygens (including phenoxy) is 1. The summed E-state index contributed by atoms with van der Waals surface area (Å²) < 4.78 is 31.4. The molecule has 0 aliphatic carbocycles. The van der Waals surface area contributed by atoms with Crippen LogP contribution in [0.25, 0.3) is 10.9 Å². The predicted octanol–water partition coefficient (Wildman–Crippen LogP) is 4.95. The highest BCUT2D eigenvalue weighted by Gasteiger charge is 2.15. The minimum atomic E-state index is -0.698. The van der Waals surface area contributed by atoms with Crippen molar-refractivity contribution in [2.24, 2.45) is 0 Å². The second-order valence-corrected chi connectivity index (χ2v) is 6.40. The lowest BCUT2D eigenvalue weighted by molar-refractivity contribution is -0.114. The molecule has 0 saturated carbocycles. The summed E-state index contributed by atoms with van der Waals surface area (Å²) in [7, 11) is 0. The van der Waals surface area contributed by atoms with Crippen LogP contribution in [-0.4, -0.2) is 24.2 Å². The summed E-state index contributed by atoms with van der Waals surface area (Å²) in [6.45, 7) is 0.441. The van der Waals surface area contributed by atoms with Crippen molar-refractivity contribution in [2.45, 2.75) is 6.92 Å². The van der Waals surface area contributed by atoms with E-state index >= 15 is 0 Å². The molecule has 29 heavy (non-hydrogen) atoms. The second-order valence-electron chi connectivity index (χ2n) is 6.00. The number of alkyl halides is 1.